The molecular weight excluding hydrogens is 308 g/mol. The third-order valence-corrected chi connectivity index (χ3v) is 0.950. The van der Waals surface area contributed by atoms with Crippen molar-refractivity contribution in [1.82, 2.24) is 0 Å². The number of unbranched alkanes of at least 4 members (excludes halogenated alkanes) is 2. The van der Waals surface area contributed by atoms with Crippen LogP contribution in [0, 0.1) is 6.92 Å². The van der Waals surface area contributed by atoms with E-state index in [1.54, 1.807) is 0 Å². The maximum absolute atomic E-state index is 10.2. The molecule has 0 aromatic heterocycles. The Hall–Kier alpha value is 0.823. The van der Waals surface area contributed by atoms with Crippen molar-refractivity contribution in [3.05, 3.63) is 6.92 Å². The van der Waals surface area contributed by atoms with Crippen LogP contribution in [-0.2, 0) is 24.3 Å². The monoisotopic (exact) mass is 320 g/mol. The molecule has 0 heterocycles. The van der Waals surface area contributed by atoms with Crippen molar-refractivity contribution in [2.75, 3.05) is 6.61 Å². The molecule has 0 spiro atoms. The van der Waals surface area contributed by atoms with E-state index in [1.165, 1.54) is 21.7 Å². The van der Waals surface area contributed by atoms with Gasteiger partial charge in [-0.25, -0.2) is 0 Å². The van der Waals surface area contributed by atoms with E-state index in [0.29, 0.717) is 6.61 Å². The summed E-state index contributed by atoms with van der Waals surface area (Å²) >= 11 is 3.62. The zero-order valence-electron chi connectivity index (χ0n) is 6.94. The van der Waals surface area contributed by atoms with Crippen molar-refractivity contribution in [3.8, 4) is 0 Å². The van der Waals surface area contributed by atoms with Gasteiger partial charge in [-0.15, -0.1) is 0 Å². The maximum atomic E-state index is 10.2. The Labute approximate surface area is 89.3 Å². The number of hydrogen-bond acceptors (Lipinski definition) is 2. The van der Waals surface area contributed by atoms with Crippen LogP contribution in [0.5, 0.6) is 0 Å². The van der Waals surface area contributed by atoms with Gasteiger partial charge in [-0.1, -0.05) is 6.42 Å². The van der Waals surface area contributed by atoms with E-state index in [0.717, 1.165) is 19.3 Å². The van der Waals surface area contributed by atoms with Crippen molar-refractivity contribution in [1.29, 1.82) is 0 Å². The van der Waals surface area contributed by atoms with E-state index in [1.807, 2.05) is 0 Å². The summed E-state index contributed by atoms with van der Waals surface area (Å²) < 4.78 is 4.68. The third-order valence-electron chi connectivity index (χ3n) is 0.950. The van der Waals surface area contributed by atoms with Crippen molar-refractivity contribution < 1.29 is 24.3 Å². The van der Waals surface area contributed by atoms with Crippen molar-refractivity contribution in [2.24, 2.45) is 0 Å². The summed E-state index contributed by atoms with van der Waals surface area (Å²) in [7, 11) is 0. The second-order valence-corrected chi connectivity index (χ2v) is 1.90. The molecule has 0 aliphatic rings. The molecular formula is C7H13IO2Zn. The number of ether oxygens (including phenoxy) is 1. The summed E-state index contributed by atoms with van der Waals surface area (Å²) in [6.07, 6.45) is 2.89. The minimum absolute atomic E-state index is 0.195. The van der Waals surface area contributed by atoms with Gasteiger partial charge in [0, 0.05) is 6.92 Å². The average molecular weight is 321 g/mol. The number of carbonyl (C=O) groups is 1. The first-order valence-electron chi connectivity index (χ1n) is 3.46. The van der Waals surface area contributed by atoms with E-state index >= 15 is 0 Å². The number of esters is 1. The molecule has 0 aromatic rings. The van der Waals surface area contributed by atoms with Gasteiger partial charge < -0.3 is 11.7 Å². The molecule has 0 unspecified atom stereocenters. The fourth-order valence-corrected chi connectivity index (χ4v) is 0.495. The third kappa shape index (κ3) is 18.1. The Morgan fingerprint density at radius 1 is 1.55 bits per heavy atom. The van der Waals surface area contributed by atoms with E-state index in [9.17, 15) is 4.79 Å². The quantitative estimate of drug-likeness (QED) is 0.261. The van der Waals surface area contributed by atoms with Crippen LogP contribution in [0.15, 0.2) is 0 Å². The van der Waals surface area contributed by atoms with Gasteiger partial charge in [-0.3, -0.25) is 4.79 Å². The van der Waals surface area contributed by atoms with Crippen LogP contribution in [0.1, 0.15) is 26.2 Å². The summed E-state index contributed by atoms with van der Waals surface area (Å²) in [4.78, 5) is 10.2. The molecule has 2 nitrogen and oxygen atoms in total. The van der Waals surface area contributed by atoms with Crippen LogP contribution in [0.2, 0.25) is 0 Å². The Balaban J connectivity index is 0. The van der Waals surface area contributed by atoms with Gasteiger partial charge in [0.15, 0.2) is 0 Å². The van der Waals surface area contributed by atoms with Gasteiger partial charge in [0.1, 0.15) is 0 Å². The summed E-state index contributed by atoms with van der Waals surface area (Å²) in [5, 5.41) is 0. The van der Waals surface area contributed by atoms with Gasteiger partial charge in [0.25, 0.3) is 0 Å². The van der Waals surface area contributed by atoms with E-state index in [-0.39, 0.29) is 5.97 Å². The summed E-state index contributed by atoms with van der Waals surface area (Å²) in [5.74, 6) is -0.195. The van der Waals surface area contributed by atoms with Crippen molar-refractivity contribution in [3.63, 3.8) is 0 Å². The van der Waals surface area contributed by atoms with Crippen LogP contribution >= 0.6 is 19.8 Å². The van der Waals surface area contributed by atoms with E-state index in [2.05, 4.69) is 31.4 Å². The fraction of sp³-hybridized carbons (Fsp3) is 0.714. The molecule has 0 saturated carbocycles. The summed E-state index contributed by atoms with van der Waals surface area (Å²) in [6.45, 7) is 5.63. The van der Waals surface area contributed by atoms with E-state index in [4.69, 9.17) is 0 Å². The van der Waals surface area contributed by atoms with Crippen LogP contribution in [-0.4, -0.2) is 12.6 Å². The zero-order valence-corrected chi connectivity index (χ0v) is 12.1. The average Bonchev–Trinajstić information content (AvgIpc) is 2.02. The first kappa shape index (κ1) is 14.4. The number of hydrogen-bond donors (Lipinski definition) is 0. The number of rotatable bonds is 4. The molecule has 11 heavy (non-hydrogen) atoms. The topological polar surface area (TPSA) is 26.3 Å². The van der Waals surface area contributed by atoms with E-state index < -0.39 is 0 Å². The molecule has 0 saturated heterocycles. The van der Waals surface area contributed by atoms with Crippen LogP contribution in [0.25, 0.3) is 0 Å². The number of carbonyl (C=O) groups excluding carboxylic acids is 1. The molecule has 0 aliphatic carbocycles. The molecule has 4 heteroatoms. The molecule has 0 rings (SSSR count). The Kier molecular flexibility index (Phi) is 17.5. The normalized spacial score (nSPS) is 8.09. The van der Waals surface area contributed by atoms with Gasteiger partial charge in [0.2, 0.25) is 0 Å². The Bertz CT molecular complexity index is 88.5. The molecule has 62 valence electrons. The van der Waals surface area contributed by atoms with Crippen LogP contribution in [0.3, 0.4) is 0 Å². The molecule has 0 atom stereocenters. The van der Waals surface area contributed by atoms with Crippen molar-refractivity contribution >= 4 is 25.7 Å². The molecule has 0 bridgehead atoms. The predicted octanol–water partition coefficient (Wildman–Crippen LogP) is 2.44. The second kappa shape index (κ2) is 13.4. The summed E-state index contributed by atoms with van der Waals surface area (Å²) in [6, 6.07) is 0. The SMILES string of the molecule is [CH2-]CCCCOC(C)=O.[Zn+][I]. The van der Waals surface area contributed by atoms with Gasteiger partial charge in [-0.2, -0.15) is 6.42 Å². The molecule has 0 N–H and O–H groups in total. The van der Waals surface area contributed by atoms with Gasteiger partial charge in [0.05, 0.1) is 6.61 Å². The minimum atomic E-state index is -0.195. The van der Waals surface area contributed by atoms with Crippen LogP contribution in [0.4, 0.5) is 0 Å². The predicted molar refractivity (Wildman–Crippen MR) is 49.9 cm³/mol. The van der Waals surface area contributed by atoms with Gasteiger partial charge >= 0.3 is 40.5 Å². The summed E-state index contributed by atoms with van der Waals surface area (Å²) in [5.41, 5.74) is 0. The molecule has 0 aliphatic heterocycles. The van der Waals surface area contributed by atoms with Gasteiger partial charge in [-0.05, 0) is 6.42 Å². The molecule has 0 fully saturated rings. The molecule has 0 amide bonds. The molecule has 0 aromatic carbocycles. The van der Waals surface area contributed by atoms with Crippen molar-refractivity contribution in [2.45, 2.75) is 26.2 Å². The Morgan fingerprint density at radius 3 is 2.45 bits per heavy atom. The Morgan fingerprint density at radius 2 is 2.09 bits per heavy atom. The fourth-order valence-electron chi connectivity index (χ4n) is 0.495. The molecule has 0 radical (unpaired) electrons. The first-order chi connectivity index (χ1) is 5.27. The second-order valence-electron chi connectivity index (χ2n) is 1.90. The standard InChI is InChI=1S/C7H13O2.HI.Zn/c1-3-4-5-6-9-7(2)8;;/h1,3-6H2,2H3;1H;/q-1;;+2/p-1. The number of halogens is 1. The zero-order chi connectivity index (χ0) is 9.11. The van der Waals surface area contributed by atoms with Crippen LogP contribution < -0.4 is 0 Å². The first-order valence-corrected chi connectivity index (χ1v) is 12.5.